The van der Waals surface area contributed by atoms with Gasteiger partial charge in [-0.2, -0.15) is 4.31 Å². The van der Waals surface area contributed by atoms with Crippen molar-refractivity contribution in [3.8, 4) is 5.75 Å². The van der Waals surface area contributed by atoms with E-state index in [1.165, 1.54) is 52.7 Å². The Balaban J connectivity index is 2.18. The maximum Gasteiger partial charge on any atom is 0.243 e. The van der Waals surface area contributed by atoms with E-state index in [0.29, 0.717) is 28.3 Å². The Kier molecular flexibility index (Phi) is 7.41. The fourth-order valence-corrected chi connectivity index (χ4v) is 5.17. The van der Waals surface area contributed by atoms with Gasteiger partial charge < -0.3 is 15.8 Å². The van der Waals surface area contributed by atoms with Crippen LogP contribution in [0.4, 0.5) is 10.8 Å². The van der Waals surface area contributed by atoms with Gasteiger partial charge in [0.2, 0.25) is 21.1 Å². The van der Waals surface area contributed by atoms with Crippen molar-refractivity contribution in [3.63, 3.8) is 0 Å². The first-order valence-corrected chi connectivity index (χ1v) is 11.3. The molecule has 1 aromatic carbocycles. The third kappa shape index (κ3) is 5.31. The Labute approximate surface area is 166 Å². The molecule has 0 bridgehead atoms. The monoisotopic (exact) mass is 431 g/mol. The van der Waals surface area contributed by atoms with Crippen molar-refractivity contribution >= 4 is 49.8 Å². The number of methoxy groups -OCH3 is 1. The van der Waals surface area contributed by atoms with Gasteiger partial charge in [0.25, 0.3) is 0 Å². The van der Waals surface area contributed by atoms with Gasteiger partial charge in [-0.15, -0.1) is 10.2 Å². The van der Waals surface area contributed by atoms with Crippen LogP contribution in [0.1, 0.15) is 13.8 Å². The average Bonchev–Trinajstić information content (AvgIpc) is 3.06. The fourth-order valence-electron chi connectivity index (χ4n) is 2.25. The molecule has 3 N–H and O–H groups in total. The van der Waals surface area contributed by atoms with Crippen molar-refractivity contribution in [2.45, 2.75) is 23.1 Å². The lowest BCUT2D eigenvalue weighted by Gasteiger charge is -2.19. The highest BCUT2D eigenvalue weighted by molar-refractivity contribution is 8.01. The molecule has 0 saturated heterocycles. The molecule has 0 saturated carbocycles. The maximum atomic E-state index is 12.7. The second-order valence-corrected chi connectivity index (χ2v) is 9.36. The first kappa shape index (κ1) is 21.4. The number of nitrogens with two attached hydrogens (primary N) is 1. The van der Waals surface area contributed by atoms with E-state index >= 15 is 0 Å². The summed E-state index contributed by atoms with van der Waals surface area (Å²) in [6.45, 7) is 4.25. The van der Waals surface area contributed by atoms with Crippen LogP contribution in [0, 0.1) is 0 Å². The molecule has 1 heterocycles. The third-order valence-electron chi connectivity index (χ3n) is 3.54. The van der Waals surface area contributed by atoms with Gasteiger partial charge in [0.1, 0.15) is 5.75 Å². The SMILES string of the molecule is CCN(CC)S(=O)(=O)c1ccc(OC)c(NC(=O)CSc2nnc(N)s2)c1. The molecule has 0 aliphatic heterocycles. The molecule has 0 atom stereocenters. The van der Waals surface area contributed by atoms with E-state index in [1.54, 1.807) is 13.8 Å². The second-order valence-electron chi connectivity index (χ2n) is 5.19. The summed E-state index contributed by atoms with van der Waals surface area (Å²) in [4.78, 5) is 12.3. The number of aromatic nitrogens is 2. The number of hydrogen-bond donors (Lipinski definition) is 2. The zero-order chi connectivity index (χ0) is 20.0. The number of carbonyl (C=O) groups excluding carboxylic acids is 1. The topological polar surface area (TPSA) is 128 Å². The second kappa shape index (κ2) is 9.35. The predicted molar refractivity (Wildman–Crippen MR) is 107 cm³/mol. The first-order valence-electron chi connectivity index (χ1n) is 8.01. The molecule has 12 heteroatoms. The van der Waals surface area contributed by atoms with Gasteiger partial charge >= 0.3 is 0 Å². The van der Waals surface area contributed by atoms with Crippen LogP contribution in [0.5, 0.6) is 5.75 Å². The smallest absolute Gasteiger partial charge is 0.243 e. The molecule has 9 nitrogen and oxygen atoms in total. The number of carbonyl (C=O) groups is 1. The number of sulfonamides is 1. The number of nitrogens with zero attached hydrogens (tertiary/aromatic N) is 3. The summed E-state index contributed by atoms with van der Waals surface area (Å²) in [5.41, 5.74) is 5.79. The Hall–Kier alpha value is -1.89. The standard InChI is InChI=1S/C15H21N5O4S3/c1-4-20(5-2)27(22,23)10-6-7-12(24-3)11(8-10)17-13(21)9-25-15-19-18-14(16)26-15/h6-8H,4-5,9H2,1-3H3,(H2,16,18)(H,17,21). The summed E-state index contributed by atoms with van der Waals surface area (Å²) in [6.07, 6.45) is 0. The molecule has 148 valence electrons. The summed E-state index contributed by atoms with van der Waals surface area (Å²) < 4.78 is 32.5. The zero-order valence-electron chi connectivity index (χ0n) is 15.1. The molecule has 0 aliphatic rings. The Morgan fingerprint density at radius 1 is 1.33 bits per heavy atom. The van der Waals surface area contributed by atoms with Crippen molar-refractivity contribution in [3.05, 3.63) is 18.2 Å². The first-order chi connectivity index (χ1) is 12.8. The highest BCUT2D eigenvalue weighted by Crippen LogP contribution is 2.30. The van der Waals surface area contributed by atoms with Crippen LogP contribution in [0.25, 0.3) is 0 Å². The largest absolute Gasteiger partial charge is 0.495 e. The van der Waals surface area contributed by atoms with Crippen LogP contribution in [-0.4, -0.2) is 54.8 Å². The zero-order valence-corrected chi connectivity index (χ0v) is 17.6. The molecular weight excluding hydrogens is 410 g/mol. The minimum Gasteiger partial charge on any atom is -0.495 e. The van der Waals surface area contributed by atoms with Crippen molar-refractivity contribution in [2.75, 3.05) is 37.0 Å². The van der Waals surface area contributed by atoms with Crippen LogP contribution >= 0.6 is 23.1 Å². The molecule has 0 unspecified atom stereocenters. The molecule has 1 aromatic heterocycles. The van der Waals surface area contributed by atoms with Gasteiger partial charge in [0.05, 0.1) is 23.4 Å². The van der Waals surface area contributed by atoms with Gasteiger partial charge in [0.15, 0.2) is 4.34 Å². The number of benzene rings is 1. The highest BCUT2D eigenvalue weighted by Gasteiger charge is 2.23. The van der Waals surface area contributed by atoms with E-state index in [2.05, 4.69) is 15.5 Å². The van der Waals surface area contributed by atoms with Gasteiger partial charge in [-0.3, -0.25) is 4.79 Å². The molecule has 0 aliphatic carbocycles. The number of ether oxygens (including phenoxy) is 1. The molecule has 0 fully saturated rings. The van der Waals surface area contributed by atoms with Gasteiger partial charge in [-0.05, 0) is 18.2 Å². The van der Waals surface area contributed by atoms with Crippen LogP contribution < -0.4 is 15.8 Å². The predicted octanol–water partition coefficient (Wildman–Crippen LogP) is 1.89. The van der Waals surface area contributed by atoms with E-state index < -0.39 is 10.0 Å². The van der Waals surface area contributed by atoms with E-state index in [0.717, 1.165) is 0 Å². The Morgan fingerprint density at radius 3 is 2.59 bits per heavy atom. The van der Waals surface area contributed by atoms with Crippen LogP contribution in [0.3, 0.4) is 0 Å². The number of anilines is 2. The van der Waals surface area contributed by atoms with Crippen LogP contribution in [0.15, 0.2) is 27.4 Å². The summed E-state index contributed by atoms with van der Waals surface area (Å²) in [5.74, 6) is 0.113. The quantitative estimate of drug-likeness (QED) is 0.576. The number of nitrogens with one attached hydrogen (secondary N) is 1. The maximum absolute atomic E-state index is 12.7. The van der Waals surface area contributed by atoms with E-state index in [4.69, 9.17) is 10.5 Å². The lowest BCUT2D eigenvalue weighted by Crippen LogP contribution is -2.30. The minimum absolute atomic E-state index is 0.0742. The normalized spacial score (nSPS) is 11.6. The number of thioether (sulfide) groups is 1. The molecule has 0 radical (unpaired) electrons. The Bertz CT molecular complexity index is 897. The average molecular weight is 432 g/mol. The molecule has 2 rings (SSSR count). The third-order valence-corrected chi connectivity index (χ3v) is 7.47. The molecule has 0 spiro atoms. The van der Waals surface area contributed by atoms with Crippen LogP contribution in [-0.2, 0) is 14.8 Å². The highest BCUT2D eigenvalue weighted by atomic mass is 32.2. The van der Waals surface area contributed by atoms with Crippen LogP contribution in [0.2, 0.25) is 0 Å². The van der Waals surface area contributed by atoms with Crippen molar-refractivity contribution in [1.29, 1.82) is 0 Å². The number of amides is 1. The summed E-state index contributed by atoms with van der Waals surface area (Å²) in [7, 11) is -2.20. The lowest BCUT2D eigenvalue weighted by molar-refractivity contribution is -0.113. The fraction of sp³-hybridized carbons (Fsp3) is 0.400. The van der Waals surface area contributed by atoms with Crippen molar-refractivity contribution in [1.82, 2.24) is 14.5 Å². The lowest BCUT2D eigenvalue weighted by atomic mass is 10.3. The van der Waals surface area contributed by atoms with Gasteiger partial charge in [-0.1, -0.05) is 36.9 Å². The van der Waals surface area contributed by atoms with Crippen molar-refractivity contribution < 1.29 is 17.9 Å². The summed E-state index contributed by atoms with van der Waals surface area (Å²) in [5, 5.41) is 10.5. The number of rotatable bonds is 9. The van der Waals surface area contributed by atoms with Crippen molar-refractivity contribution in [2.24, 2.45) is 0 Å². The van der Waals surface area contributed by atoms with Gasteiger partial charge in [0, 0.05) is 13.1 Å². The summed E-state index contributed by atoms with van der Waals surface area (Å²) in [6, 6.07) is 4.38. The molecular formula is C15H21N5O4S3. The van der Waals surface area contributed by atoms with Gasteiger partial charge in [-0.25, -0.2) is 8.42 Å². The van der Waals surface area contributed by atoms with E-state index in [9.17, 15) is 13.2 Å². The minimum atomic E-state index is -3.65. The molecule has 2 aromatic rings. The van der Waals surface area contributed by atoms with E-state index in [1.807, 2.05) is 0 Å². The van der Waals surface area contributed by atoms with E-state index in [-0.39, 0.29) is 22.2 Å². The molecule has 27 heavy (non-hydrogen) atoms. The molecule has 1 amide bonds. The Morgan fingerprint density at radius 2 is 2.04 bits per heavy atom. The number of hydrogen-bond acceptors (Lipinski definition) is 9. The number of nitrogen functional groups attached to an aromatic ring is 1. The summed E-state index contributed by atoms with van der Waals surface area (Å²) >= 11 is 2.38.